The average molecular weight is 460 g/mol. The van der Waals surface area contributed by atoms with Gasteiger partial charge in [-0.15, -0.1) is 10.2 Å². The summed E-state index contributed by atoms with van der Waals surface area (Å²) in [7, 11) is 3.23. The third kappa shape index (κ3) is 5.26. The summed E-state index contributed by atoms with van der Waals surface area (Å²) in [6.07, 6.45) is 0. The SMILES string of the molecule is COc1ccc(C(=O)C(Sc2nnc(C)n2Cc2ccccc2)c2ccc(OC)cc2)cc1. The summed E-state index contributed by atoms with van der Waals surface area (Å²) in [4.78, 5) is 13.6. The summed E-state index contributed by atoms with van der Waals surface area (Å²) in [5, 5.41) is 8.88. The first-order chi connectivity index (χ1) is 16.1. The molecule has 0 aliphatic carbocycles. The van der Waals surface area contributed by atoms with Crippen LogP contribution in [0.1, 0.15) is 32.6 Å². The van der Waals surface area contributed by atoms with E-state index in [1.807, 2.05) is 54.0 Å². The van der Waals surface area contributed by atoms with Crippen molar-refractivity contribution >= 4 is 17.5 Å². The largest absolute Gasteiger partial charge is 0.497 e. The summed E-state index contributed by atoms with van der Waals surface area (Å²) in [6.45, 7) is 2.56. The van der Waals surface area contributed by atoms with Crippen molar-refractivity contribution in [2.24, 2.45) is 0 Å². The van der Waals surface area contributed by atoms with Gasteiger partial charge in [0.25, 0.3) is 0 Å². The molecule has 0 bridgehead atoms. The summed E-state index contributed by atoms with van der Waals surface area (Å²) >= 11 is 1.40. The summed E-state index contributed by atoms with van der Waals surface area (Å²) in [5.74, 6) is 2.23. The highest BCUT2D eigenvalue weighted by Crippen LogP contribution is 2.38. The molecule has 0 saturated heterocycles. The highest BCUT2D eigenvalue weighted by Gasteiger charge is 2.26. The van der Waals surface area contributed by atoms with Gasteiger partial charge in [-0.25, -0.2) is 0 Å². The van der Waals surface area contributed by atoms with Gasteiger partial charge < -0.3 is 14.0 Å². The number of Topliss-reactive ketones (excluding diaryl/α,β-unsaturated/α-hetero) is 1. The first kappa shape index (κ1) is 22.6. The van der Waals surface area contributed by atoms with Crippen molar-refractivity contribution in [3.8, 4) is 11.5 Å². The van der Waals surface area contributed by atoms with Crippen molar-refractivity contribution in [2.45, 2.75) is 23.9 Å². The van der Waals surface area contributed by atoms with E-state index in [9.17, 15) is 4.79 Å². The third-order valence-electron chi connectivity index (χ3n) is 5.34. The number of carbonyl (C=O) groups excluding carboxylic acids is 1. The molecule has 0 fully saturated rings. The Balaban J connectivity index is 1.68. The highest BCUT2D eigenvalue weighted by atomic mass is 32.2. The molecule has 0 aliphatic rings. The number of ether oxygens (including phenoxy) is 2. The van der Waals surface area contributed by atoms with Gasteiger partial charge in [-0.1, -0.05) is 54.2 Å². The Morgan fingerprint density at radius 2 is 1.48 bits per heavy atom. The second-order valence-corrected chi connectivity index (χ2v) is 8.54. The predicted octanol–water partition coefficient (Wildman–Crippen LogP) is 5.37. The van der Waals surface area contributed by atoms with Crippen molar-refractivity contribution in [1.82, 2.24) is 14.8 Å². The zero-order valence-electron chi connectivity index (χ0n) is 18.8. The molecule has 0 radical (unpaired) electrons. The molecule has 1 aromatic heterocycles. The van der Waals surface area contributed by atoms with Crippen molar-refractivity contribution in [3.63, 3.8) is 0 Å². The number of rotatable bonds is 9. The molecule has 4 aromatic rings. The molecule has 7 heteroatoms. The van der Waals surface area contributed by atoms with E-state index in [4.69, 9.17) is 9.47 Å². The second kappa shape index (κ2) is 10.4. The number of carbonyl (C=O) groups is 1. The smallest absolute Gasteiger partial charge is 0.192 e. The van der Waals surface area contributed by atoms with Gasteiger partial charge in [-0.2, -0.15) is 0 Å². The van der Waals surface area contributed by atoms with Crippen LogP contribution in [-0.4, -0.2) is 34.8 Å². The van der Waals surface area contributed by atoms with Crippen molar-refractivity contribution in [3.05, 3.63) is 101 Å². The Labute approximate surface area is 197 Å². The lowest BCUT2D eigenvalue weighted by atomic mass is 10.0. The predicted molar refractivity (Wildman–Crippen MR) is 129 cm³/mol. The van der Waals surface area contributed by atoms with Crippen LogP contribution in [0, 0.1) is 6.92 Å². The quantitative estimate of drug-likeness (QED) is 0.248. The molecule has 0 spiro atoms. The van der Waals surface area contributed by atoms with Gasteiger partial charge >= 0.3 is 0 Å². The van der Waals surface area contributed by atoms with E-state index in [0.29, 0.717) is 23.0 Å². The number of methoxy groups -OCH3 is 2. The monoisotopic (exact) mass is 459 g/mol. The number of thioether (sulfide) groups is 1. The maximum absolute atomic E-state index is 13.6. The average Bonchev–Trinajstić information content (AvgIpc) is 3.21. The number of ketones is 1. The molecule has 1 unspecified atom stereocenters. The van der Waals surface area contributed by atoms with Gasteiger partial charge in [0.1, 0.15) is 22.6 Å². The molecule has 0 aliphatic heterocycles. The second-order valence-electron chi connectivity index (χ2n) is 7.47. The molecule has 6 nitrogen and oxygen atoms in total. The molecule has 0 saturated carbocycles. The van der Waals surface area contributed by atoms with E-state index in [2.05, 4.69) is 22.3 Å². The molecule has 4 rings (SSSR count). The molecular weight excluding hydrogens is 434 g/mol. The minimum absolute atomic E-state index is 0.0141. The van der Waals surface area contributed by atoms with Crippen molar-refractivity contribution < 1.29 is 14.3 Å². The van der Waals surface area contributed by atoms with Gasteiger partial charge in [0.05, 0.1) is 20.8 Å². The molecule has 3 aromatic carbocycles. The first-order valence-corrected chi connectivity index (χ1v) is 11.4. The number of aryl methyl sites for hydroxylation is 1. The van der Waals surface area contributed by atoms with E-state index in [1.54, 1.807) is 38.5 Å². The Morgan fingerprint density at radius 3 is 2.09 bits per heavy atom. The van der Waals surface area contributed by atoms with Crippen LogP contribution in [0.4, 0.5) is 0 Å². The molecule has 168 valence electrons. The fourth-order valence-electron chi connectivity index (χ4n) is 3.46. The van der Waals surface area contributed by atoms with E-state index in [1.165, 1.54) is 11.8 Å². The third-order valence-corrected chi connectivity index (χ3v) is 6.57. The van der Waals surface area contributed by atoms with Crippen molar-refractivity contribution in [1.29, 1.82) is 0 Å². The zero-order valence-corrected chi connectivity index (χ0v) is 19.6. The van der Waals surface area contributed by atoms with Crippen LogP contribution < -0.4 is 9.47 Å². The van der Waals surface area contributed by atoms with Gasteiger partial charge in [-0.05, 0) is 54.4 Å². The fraction of sp³-hybridized carbons (Fsp3) is 0.192. The lowest BCUT2D eigenvalue weighted by Crippen LogP contribution is -2.12. The first-order valence-electron chi connectivity index (χ1n) is 10.5. The van der Waals surface area contributed by atoms with Crippen LogP contribution >= 0.6 is 11.8 Å². The van der Waals surface area contributed by atoms with Crippen LogP contribution in [-0.2, 0) is 6.54 Å². The minimum atomic E-state index is -0.498. The molecule has 1 heterocycles. The number of hydrogen-bond donors (Lipinski definition) is 0. The lowest BCUT2D eigenvalue weighted by Gasteiger charge is -2.17. The fourth-order valence-corrected chi connectivity index (χ4v) is 4.62. The van der Waals surface area contributed by atoms with E-state index in [-0.39, 0.29) is 5.78 Å². The Bertz CT molecular complexity index is 1210. The van der Waals surface area contributed by atoms with E-state index in [0.717, 1.165) is 22.7 Å². The highest BCUT2D eigenvalue weighted by molar-refractivity contribution is 8.00. The number of benzene rings is 3. The Morgan fingerprint density at radius 1 is 0.879 bits per heavy atom. The summed E-state index contributed by atoms with van der Waals surface area (Å²) < 4.78 is 12.6. The topological polar surface area (TPSA) is 66.2 Å². The van der Waals surface area contributed by atoms with Crippen LogP contribution in [0.2, 0.25) is 0 Å². The number of nitrogens with zero attached hydrogens (tertiary/aromatic N) is 3. The molecule has 0 N–H and O–H groups in total. The maximum Gasteiger partial charge on any atom is 0.192 e. The summed E-state index contributed by atoms with van der Waals surface area (Å²) in [6, 6.07) is 24.9. The standard InChI is InChI=1S/C26H25N3O3S/c1-18-27-28-26(29(18)17-19-7-5-4-6-8-19)33-25(21-11-15-23(32-3)16-12-21)24(30)20-9-13-22(31-2)14-10-20/h4-16,25H,17H2,1-3H3. The minimum Gasteiger partial charge on any atom is -0.497 e. The van der Waals surface area contributed by atoms with Crippen LogP contribution in [0.3, 0.4) is 0 Å². The van der Waals surface area contributed by atoms with Crippen LogP contribution in [0.5, 0.6) is 11.5 Å². The Hall–Kier alpha value is -3.58. The molecule has 1 atom stereocenters. The van der Waals surface area contributed by atoms with E-state index >= 15 is 0 Å². The molecule has 0 amide bonds. The van der Waals surface area contributed by atoms with Crippen LogP contribution in [0.25, 0.3) is 0 Å². The number of hydrogen-bond acceptors (Lipinski definition) is 6. The maximum atomic E-state index is 13.6. The number of aromatic nitrogens is 3. The zero-order chi connectivity index (χ0) is 23.2. The van der Waals surface area contributed by atoms with Gasteiger partial charge in [0.2, 0.25) is 0 Å². The van der Waals surface area contributed by atoms with Gasteiger partial charge in [0.15, 0.2) is 10.9 Å². The Kier molecular flexibility index (Phi) is 7.10. The van der Waals surface area contributed by atoms with E-state index < -0.39 is 5.25 Å². The van der Waals surface area contributed by atoms with Crippen LogP contribution in [0.15, 0.2) is 84.0 Å². The molecular formula is C26H25N3O3S. The normalized spacial score (nSPS) is 11.7. The summed E-state index contributed by atoms with van der Waals surface area (Å²) in [5.41, 5.74) is 2.62. The molecule has 33 heavy (non-hydrogen) atoms. The van der Waals surface area contributed by atoms with Gasteiger partial charge in [0, 0.05) is 5.56 Å². The van der Waals surface area contributed by atoms with Gasteiger partial charge in [-0.3, -0.25) is 4.79 Å². The van der Waals surface area contributed by atoms with Crippen molar-refractivity contribution in [2.75, 3.05) is 14.2 Å². The lowest BCUT2D eigenvalue weighted by molar-refractivity contribution is 0.0989.